The van der Waals surface area contributed by atoms with Crippen molar-refractivity contribution in [3.63, 3.8) is 0 Å². The molecule has 1 aromatic heterocycles. The van der Waals surface area contributed by atoms with Gasteiger partial charge in [0.1, 0.15) is 17.1 Å². The van der Waals surface area contributed by atoms with Crippen LogP contribution in [0.15, 0.2) is 24.4 Å². The van der Waals surface area contributed by atoms with E-state index in [0.29, 0.717) is 17.5 Å². The van der Waals surface area contributed by atoms with Crippen LogP contribution in [-0.2, 0) is 6.54 Å². The second-order valence-electron chi connectivity index (χ2n) is 6.79. The van der Waals surface area contributed by atoms with Crippen molar-refractivity contribution in [2.45, 2.75) is 25.9 Å². The first-order valence-electron chi connectivity index (χ1n) is 8.68. The first kappa shape index (κ1) is 16.0. The average Bonchev–Trinajstić information content (AvgIpc) is 3.04. The largest absolute Gasteiger partial charge is 0.493 e. The third-order valence-electron chi connectivity index (χ3n) is 5.02. The topological polar surface area (TPSA) is 94.2 Å². The smallest absolute Gasteiger partial charge is 0.254 e. The van der Waals surface area contributed by atoms with Gasteiger partial charge in [0.25, 0.3) is 5.91 Å². The normalized spacial score (nSPS) is 21.6. The Hall–Kier alpha value is -2.54. The zero-order valence-electron chi connectivity index (χ0n) is 14.3. The van der Waals surface area contributed by atoms with E-state index in [9.17, 15) is 4.79 Å². The lowest BCUT2D eigenvalue weighted by Crippen LogP contribution is -2.38. The van der Waals surface area contributed by atoms with Gasteiger partial charge in [-0.15, -0.1) is 0 Å². The summed E-state index contributed by atoms with van der Waals surface area (Å²) in [5.41, 5.74) is 8.26. The number of aryl methyl sites for hydroxylation is 1. The summed E-state index contributed by atoms with van der Waals surface area (Å²) < 4.78 is 7.67. The Morgan fingerprint density at radius 3 is 3.24 bits per heavy atom. The molecule has 4 rings (SSSR count). The van der Waals surface area contributed by atoms with Crippen LogP contribution in [0.5, 0.6) is 5.75 Å². The van der Waals surface area contributed by atoms with Gasteiger partial charge in [-0.05, 0) is 12.5 Å². The first-order chi connectivity index (χ1) is 12.1. The maximum Gasteiger partial charge on any atom is 0.254 e. The number of aromatic nitrogens is 2. The van der Waals surface area contributed by atoms with Crippen LogP contribution in [0.25, 0.3) is 0 Å². The highest BCUT2D eigenvalue weighted by Gasteiger charge is 2.26. The van der Waals surface area contributed by atoms with Crippen molar-refractivity contribution in [2.24, 2.45) is 11.7 Å². The van der Waals surface area contributed by atoms with Crippen LogP contribution in [0.3, 0.4) is 0 Å². The Bertz CT molecular complexity index is 801. The number of fused-ring (bicyclic) bond motifs is 2. The summed E-state index contributed by atoms with van der Waals surface area (Å²) in [5, 5.41) is 11.3. The molecule has 2 aromatic rings. The third kappa shape index (κ3) is 2.95. The zero-order valence-corrected chi connectivity index (χ0v) is 14.3. The molecule has 2 aliphatic rings. The van der Waals surface area contributed by atoms with E-state index in [2.05, 4.69) is 40.9 Å². The molecule has 3 heterocycles. The standard InChI is InChI=1S/C18H23N5O2/c1-11-3-2-4-13-15(5-6-25-16(11)13)20-7-12-8-21-18-14(17(19)24)9-22-23(18)10-12/h2-4,9,12,15,20-21H,5-8,10H2,1H3,(H2,19,24)/t12-,15-/m0/s1. The fourth-order valence-electron chi connectivity index (χ4n) is 3.68. The van der Waals surface area contributed by atoms with Gasteiger partial charge in [0.2, 0.25) is 0 Å². The first-order valence-corrected chi connectivity index (χ1v) is 8.68. The molecule has 0 fully saturated rings. The lowest BCUT2D eigenvalue weighted by Gasteiger charge is -2.31. The molecule has 2 atom stereocenters. The van der Waals surface area contributed by atoms with Gasteiger partial charge in [0.15, 0.2) is 0 Å². The highest BCUT2D eigenvalue weighted by atomic mass is 16.5. The molecule has 1 amide bonds. The van der Waals surface area contributed by atoms with E-state index in [-0.39, 0.29) is 0 Å². The molecule has 0 bridgehead atoms. The molecule has 0 unspecified atom stereocenters. The predicted molar refractivity (Wildman–Crippen MR) is 94.8 cm³/mol. The Labute approximate surface area is 146 Å². The molecule has 0 saturated heterocycles. The van der Waals surface area contributed by atoms with E-state index in [0.717, 1.165) is 44.2 Å². The lowest BCUT2D eigenvalue weighted by atomic mass is 9.97. The van der Waals surface area contributed by atoms with Crippen LogP contribution in [0.2, 0.25) is 0 Å². The van der Waals surface area contributed by atoms with Crippen molar-refractivity contribution in [3.05, 3.63) is 41.1 Å². The van der Waals surface area contributed by atoms with Crippen LogP contribution in [0, 0.1) is 12.8 Å². The minimum Gasteiger partial charge on any atom is -0.493 e. The number of carbonyl (C=O) groups is 1. The van der Waals surface area contributed by atoms with Crippen LogP contribution in [0.1, 0.15) is 33.9 Å². The Morgan fingerprint density at radius 2 is 2.40 bits per heavy atom. The molecule has 0 radical (unpaired) electrons. The highest BCUT2D eigenvalue weighted by molar-refractivity contribution is 5.97. The van der Waals surface area contributed by atoms with Crippen molar-refractivity contribution in [2.75, 3.05) is 25.0 Å². The summed E-state index contributed by atoms with van der Waals surface area (Å²) >= 11 is 0. The van der Waals surface area contributed by atoms with E-state index in [1.807, 2.05) is 4.68 Å². The van der Waals surface area contributed by atoms with Gasteiger partial charge in [0, 0.05) is 43.6 Å². The van der Waals surface area contributed by atoms with Crippen LogP contribution >= 0.6 is 0 Å². The number of amides is 1. The molecule has 2 aliphatic heterocycles. The van der Waals surface area contributed by atoms with Crippen molar-refractivity contribution in [1.29, 1.82) is 0 Å². The molecule has 7 nitrogen and oxygen atoms in total. The number of para-hydroxylation sites is 1. The molecular formula is C18H23N5O2. The number of rotatable bonds is 4. The number of anilines is 1. The Morgan fingerprint density at radius 1 is 1.52 bits per heavy atom. The molecule has 7 heteroatoms. The number of nitrogens with two attached hydrogens (primary N) is 1. The Kier molecular flexibility index (Phi) is 4.09. The van der Waals surface area contributed by atoms with Gasteiger partial charge >= 0.3 is 0 Å². The van der Waals surface area contributed by atoms with Crippen molar-refractivity contribution >= 4 is 11.7 Å². The molecule has 0 spiro atoms. The summed E-state index contributed by atoms with van der Waals surface area (Å²) in [7, 11) is 0. The van der Waals surface area contributed by atoms with Crippen LogP contribution in [-0.4, -0.2) is 35.4 Å². The van der Waals surface area contributed by atoms with E-state index < -0.39 is 5.91 Å². The summed E-state index contributed by atoms with van der Waals surface area (Å²) in [6.45, 7) is 5.26. The molecule has 4 N–H and O–H groups in total. The summed E-state index contributed by atoms with van der Waals surface area (Å²) in [6.07, 6.45) is 2.51. The third-order valence-corrected chi connectivity index (χ3v) is 5.02. The van der Waals surface area contributed by atoms with Crippen molar-refractivity contribution < 1.29 is 9.53 Å². The zero-order chi connectivity index (χ0) is 17.4. The van der Waals surface area contributed by atoms with E-state index >= 15 is 0 Å². The SMILES string of the molecule is Cc1cccc2c1OCC[C@@H]2NC[C@H]1CNc2c(C(N)=O)cnn2C1. The summed E-state index contributed by atoms with van der Waals surface area (Å²) in [5.74, 6) is 1.70. The Balaban J connectivity index is 1.42. The molecule has 0 saturated carbocycles. The summed E-state index contributed by atoms with van der Waals surface area (Å²) in [4.78, 5) is 11.4. The highest BCUT2D eigenvalue weighted by Crippen LogP contribution is 2.34. The maximum absolute atomic E-state index is 11.4. The number of ether oxygens (including phenoxy) is 1. The van der Waals surface area contributed by atoms with E-state index in [4.69, 9.17) is 10.5 Å². The second kappa shape index (κ2) is 6.40. The fourth-order valence-corrected chi connectivity index (χ4v) is 3.68. The average molecular weight is 341 g/mol. The van der Waals surface area contributed by atoms with E-state index in [1.165, 1.54) is 17.3 Å². The number of benzene rings is 1. The number of hydrogen-bond acceptors (Lipinski definition) is 5. The van der Waals surface area contributed by atoms with Crippen LogP contribution < -0.4 is 21.1 Å². The second-order valence-corrected chi connectivity index (χ2v) is 6.79. The number of hydrogen-bond donors (Lipinski definition) is 3. The minimum atomic E-state index is -0.445. The molecule has 132 valence electrons. The monoisotopic (exact) mass is 341 g/mol. The number of carbonyl (C=O) groups excluding carboxylic acids is 1. The molecule has 1 aromatic carbocycles. The van der Waals surface area contributed by atoms with Gasteiger partial charge < -0.3 is 21.1 Å². The number of nitrogens with zero attached hydrogens (tertiary/aromatic N) is 2. The van der Waals surface area contributed by atoms with Gasteiger partial charge in [-0.2, -0.15) is 5.10 Å². The number of primary amides is 1. The van der Waals surface area contributed by atoms with Crippen molar-refractivity contribution in [3.8, 4) is 5.75 Å². The van der Waals surface area contributed by atoms with Gasteiger partial charge in [0.05, 0.1) is 12.8 Å². The van der Waals surface area contributed by atoms with Gasteiger partial charge in [-0.3, -0.25) is 4.79 Å². The maximum atomic E-state index is 11.4. The summed E-state index contributed by atoms with van der Waals surface area (Å²) in [6, 6.07) is 6.62. The molecule has 25 heavy (non-hydrogen) atoms. The number of nitrogens with one attached hydrogen (secondary N) is 2. The van der Waals surface area contributed by atoms with Crippen molar-refractivity contribution in [1.82, 2.24) is 15.1 Å². The minimum absolute atomic E-state index is 0.309. The van der Waals surface area contributed by atoms with Gasteiger partial charge in [-0.1, -0.05) is 18.2 Å². The van der Waals surface area contributed by atoms with E-state index in [1.54, 1.807) is 0 Å². The lowest BCUT2D eigenvalue weighted by molar-refractivity contribution is 0.100. The predicted octanol–water partition coefficient (Wildman–Crippen LogP) is 1.45. The fraction of sp³-hybridized carbons (Fsp3) is 0.444. The van der Waals surface area contributed by atoms with Crippen LogP contribution in [0.4, 0.5) is 5.82 Å². The molecule has 0 aliphatic carbocycles. The van der Waals surface area contributed by atoms with Gasteiger partial charge in [-0.25, -0.2) is 4.68 Å². The quantitative estimate of drug-likeness (QED) is 0.782. The molecular weight excluding hydrogens is 318 g/mol.